The van der Waals surface area contributed by atoms with Gasteiger partial charge in [0, 0.05) is 44.4 Å². The van der Waals surface area contributed by atoms with Crippen molar-refractivity contribution in [1.29, 1.82) is 0 Å². The third-order valence-electron chi connectivity index (χ3n) is 4.72. The van der Waals surface area contributed by atoms with E-state index in [-0.39, 0.29) is 5.91 Å². The minimum atomic E-state index is 0.0572. The molecular weight excluding hydrogens is 330 g/mol. The first-order valence-electron chi connectivity index (χ1n) is 8.77. The molecule has 0 aromatic carbocycles. The molecule has 0 unspecified atom stereocenters. The van der Waals surface area contributed by atoms with E-state index in [0.717, 1.165) is 49.6 Å². The molecule has 26 heavy (non-hydrogen) atoms. The number of aromatic amines is 1. The first-order chi connectivity index (χ1) is 12.7. The number of likely N-dealkylation sites (tertiary alicyclic amines) is 1. The molecule has 134 valence electrons. The SMILES string of the molecule is Cn1cc(C(=O)N2CCC[C@H](Cc3cc(-c4ncc[nH]4)ncn3)C2)cn1. The third-order valence-corrected chi connectivity index (χ3v) is 4.72. The van der Waals surface area contributed by atoms with Crippen molar-refractivity contribution in [3.8, 4) is 11.5 Å². The molecule has 1 saturated heterocycles. The molecule has 1 atom stereocenters. The lowest BCUT2D eigenvalue weighted by Crippen LogP contribution is -2.40. The zero-order valence-electron chi connectivity index (χ0n) is 14.7. The van der Waals surface area contributed by atoms with Crippen LogP contribution < -0.4 is 0 Å². The van der Waals surface area contributed by atoms with Gasteiger partial charge in [0.2, 0.25) is 0 Å². The first kappa shape index (κ1) is 16.4. The predicted octanol–water partition coefficient (Wildman–Crippen LogP) is 1.70. The van der Waals surface area contributed by atoms with Crippen LogP contribution in [0.5, 0.6) is 0 Å². The molecule has 0 aliphatic carbocycles. The van der Waals surface area contributed by atoms with Gasteiger partial charge in [-0.05, 0) is 31.2 Å². The molecule has 1 aliphatic rings. The van der Waals surface area contributed by atoms with Crippen LogP contribution in [0.25, 0.3) is 11.5 Å². The van der Waals surface area contributed by atoms with Gasteiger partial charge in [0.05, 0.1) is 11.8 Å². The Balaban J connectivity index is 1.44. The van der Waals surface area contributed by atoms with E-state index in [1.165, 1.54) is 0 Å². The number of rotatable bonds is 4. The number of aromatic nitrogens is 6. The number of amides is 1. The summed E-state index contributed by atoms with van der Waals surface area (Å²) < 4.78 is 1.66. The van der Waals surface area contributed by atoms with Gasteiger partial charge in [-0.3, -0.25) is 9.48 Å². The molecule has 1 aliphatic heterocycles. The quantitative estimate of drug-likeness (QED) is 0.772. The molecule has 8 nitrogen and oxygen atoms in total. The van der Waals surface area contributed by atoms with Crippen LogP contribution in [0.2, 0.25) is 0 Å². The summed E-state index contributed by atoms with van der Waals surface area (Å²) in [6.45, 7) is 1.54. The number of hydrogen-bond acceptors (Lipinski definition) is 5. The van der Waals surface area contributed by atoms with Crippen LogP contribution in [0.4, 0.5) is 0 Å². The number of imidazole rings is 1. The summed E-state index contributed by atoms with van der Waals surface area (Å²) in [6, 6.07) is 1.97. The predicted molar refractivity (Wildman–Crippen MR) is 95.2 cm³/mol. The fraction of sp³-hybridized carbons (Fsp3) is 0.389. The fourth-order valence-corrected chi connectivity index (χ4v) is 3.47. The number of piperidine rings is 1. The highest BCUT2D eigenvalue weighted by Gasteiger charge is 2.25. The molecule has 3 aromatic rings. The van der Waals surface area contributed by atoms with E-state index in [2.05, 4.69) is 25.0 Å². The maximum absolute atomic E-state index is 12.7. The van der Waals surface area contributed by atoms with Crippen molar-refractivity contribution in [2.24, 2.45) is 13.0 Å². The number of H-pyrrole nitrogens is 1. The lowest BCUT2D eigenvalue weighted by atomic mass is 9.93. The highest BCUT2D eigenvalue weighted by atomic mass is 16.2. The zero-order chi connectivity index (χ0) is 17.9. The average molecular weight is 351 g/mol. The summed E-state index contributed by atoms with van der Waals surface area (Å²) in [4.78, 5) is 30.6. The van der Waals surface area contributed by atoms with Gasteiger partial charge < -0.3 is 9.88 Å². The van der Waals surface area contributed by atoms with E-state index >= 15 is 0 Å². The second-order valence-corrected chi connectivity index (χ2v) is 6.70. The minimum absolute atomic E-state index is 0.0572. The van der Waals surface area contributed by atoms with Crippen LogP contribution in [-0.2, 0) is 13.5 Å². The Morgan fingerprint density at radius 3 is 3.04 bits per heavy atom. The highest BCUT2D eigenvalue weighted by molar-refractivity contribution is 5.93. The van der Waals surface area contributed by atoms with Crippen LogP contribution in [0.1, 0.15) is 28.9 Å². The molecule has 8 heteroatoms. The Labute approximate surface area is 151 Å². The number of hydrogen-bond donors (Lipinski definition) is 1. The normalized spacial score (nSPS) is 17.4. The molecule has 4 rings (SSSR count). The van der Waals surface area contributed by atoms with Crippen LogP contribution in [0.15, 0.2) is 37.2 Å². The molecule has 1 fully saturated rings. The number of nitrogens with one attached hydrogen (secondary N) is 1. The fourth-order valence-electron chi connectivity index (χ4n) is 3.47. The van der Waals surface area contributed by atoms with Crippen LogP contribution in [0.3, 0.4) is 0 Å². The van der Waals surface area contributed by atoms with E-state index in [4.69, 9.17) is 0 Å². The smallest absolute Gasteiger partial charge is 0.257 e. The van der Waals surface area contributed by atoms with Crippen molar-refractivity contribution in [2.45, 2.75) is 19.3 Å². The Hall–Kier alpha value is -3.03. The molecule has 0 spiro atoms. The lowest BCUT2D eigenvalue weighted by molar-refractivity contribution is 0.0672. The lowest BCUT2D eigenvalue weighted by Gasteiger charge is -2.32. The Morgan fingerprint density at radius 1 is 1.35 bits per heavy atom. The number of aryl methyl sites for hydroxylation is 1. The standard InChI is InChI=1S/C18H21N7O/c1-24-11-14(9-23-24)18(26)25-6-2-3-13(10-25)7-15-8-16(22-12-21-15)17-19-4-5-20-17/h4-5,8-9,11-13H,2-3,6-7,10H2,1H3,(H,19,20)/t13-/m1/s1. The van der Waals surface area contributed by atoms with Gasteiger partial charge in [-0.15, -0.1) is 0 Å². The summed E-state index contributed by atoms with van der Waals surface area (Å²) in [5.74, 6) is 1.19. The van der Waals surface area contributed by atoms with Gasteiger partial charge in [0.25, 0.3) is 5.91 Å². The van der Waals surface area contributed by atoms with E-state index in [0.29, 0.717) is 11.5 Å². The monoisotopic (exact) mass is 351 g/mol. The van der Waals surface area contributed by atoms with Crippen molar-refractivity contribution in [1.82, 2.24) is 34.6 Å². The molecule has 1 N–H and O–H groups in total. The number of nitrogens with zero attached hydrogens (tertiary/aromatic N) is 6. The second-order valence-electron chi connectivity index (χ2n) is 6.70. The van der Waals surface area contributed by atoms with E-state index in [9.17, 15) is 4.79 Å². The minimum Gasteiger partial charge on any atom is -0.343 e. The summed E-state index contributed by atoms with van der Waals surface area (Å²) in [7, 11) is 1.82. The van der Waals surface area contributed by atoms with E-state index < -0.39 is 0 Å². The van der Waals surface area contributed by atoms with E-state index in [1.54, 1.807) is 35.8 Å². The Morgan fingerprint density at radius 2 is 2.27 bits per heavy atom. The first-order valence-corrected chi connectivity index (χ1v) is 8.77. The maximum atomic E-state index is 12.7. The van der Waals surface area contributed by atoms with Gasteiger partial charge >= 0.3 is 0 Å². The molecule has 1 amide bonds. The van der Waals surface area contributed by atoms with Gasteiger partial charge in [0.15, 0.2) is 5.82 Å². The van der Waals surface area contributed by atoms with Crippen molar-refractivity contribution in [3.63, 3.8) is 0 Å². The van der Waals surface area contributed by atoms with Crippen molar-refractivity contribution < 1.29 is 4.79 Å². The van der Waals surface area contributed by atoms with Gasteiger partial charge in [0.1, 0.15) is 12.0 Å². The number of carbonyl (C=O) groups excluding carboxylic acids is 1. The maximum Gasteiger partial charge on any atom is 0.257 e. The Kier molecular flexibility index (Phi) is 4.47. The van der Waals surface area contributed by atoms with Crippen molar-refractivity contribution >= 4 is 5.91 Å². The molecule has 0 radical (unpaired) electrons. The van der Waals surface area contributed by atoms with Crippen LogP contribution >= 0.6 is 0 Å². The molecule has 3 aromatic heterocycles. The van der Waals surface area contributed by atoms with E-state index in [1.807, 2.05) is 18.0 Å². The van der Waals surface area contributed by atoms with Gasteiger partial charge in [-0.2, -0.15) is 5.10 Å². The molecule has 0 bridgehead atoms. The summed E-state index contributed by atoms with van der Waals surface area (Å²) in [5, 5.41) is 4.10. The third kappa shape index (κ3) is 3.49. The summed E-state index contributed by atoms with van der Waals surface area (Å²) in [5.41, 5.74) is 2.42. The zero-order valence-corrected chi connectivity index (χ0v) is 14.7. The van der Waals surface area contributed by atoms with Crippen LogP contribution in [0, 0.1) is 5.92 Å². The van der Waals surface area contributed by atoms with Crippen molar-refractivity contribution in [2.75, 3.05) is 13.1 Å². The summed E-state index contributed by atoms with van der Waals surface area (Å²) >= 11 is 0. The summed E-state index contributed by atoms with van der Waals surface area (Å²) in [6.07, 6.45) is 11.4. The number of carbonyl (C=O) groups is 1. The van der Waals surface area contributed by atoms with Crippen LogP contribution in [-0.4, -0.2) is 53.6 Å². The van der Waals surface area contributed by atoms with Gasteiger partial charge in [-0.25, -0.2) is 15.0 Å². The Bertz CT molecular complexity index is 887. The molecule has 4 heterocycles. The molecular formula is C18H21N7O. The second kappa shape index (κ2) is 7.07. The molecule has 0 saturated carbocycles. The highest BCUT2D eigenvalue weighted by Crippen LogP contribution is 2.22. The topological polar surface area (TPSA) is 92.6 Å². The van der Waals surface area contributed by atoms with Crippen molar-refractivity contribution in [3.05, 3.63) is 48.4 Å². The largest absolute Gasteiger partial charge is 0.343 e. The average Bonchev–Trinajstić information content (AvgIpc) is 3.33. The van der Waals surface area contributed by atoms with Gasteiger partial charge in [-0.1, -0.05) is 0 Å².